The van der Waals surface area contributed by atoms with Gasteiger partial charge in [0.25, 0.3) is 0 Å². The van der Waals surface area contributed by atoms with Gasteiger partial charge in [-0.1, -0.05) is 33.3 Å². The van der Waals surface area contributed by atoms with E-state index in [1.807, 2.05) is 18.2 Å². The molecule has 3 rings (SSSR count). The van der Waals surface area contributed by atoms with E-state index < -0.39 is 11.9 Å². The molecule has 5 nitrogen and oxygen atoms in total. The Kier molecular flexibility index (Phi) is 4.96. The lowest BCUT2D eigenvalue weighted by atomic mass is 9.76. The molecule has 1 aromatic rings. The van der Waals surface area contributed by atoms with Crippen molar-refractivity contribution in [3.63, 3.8) is 0 Å². The zero-order valence-corrected chi connectivity index (χ0v) is 15.6. The minimum Gasteiger partial charge on any atom is -0.481 e. The normalized spacial score (nSPS) is 26.2. The second-order valence-corrected chi connectivity index (χ2v) is 8.21. The van der Waals surface area contributed by atoms with Crippen molar-refractivity contribution in [2.24, 2.45) is 11.3 Å². The molecular formula is C20H29NO4. The van der Waals surface area contributed by atoms with Crippen molar-refractivity contribution >= 4 is 5.97 Å². The van der Waals surface area contributed by atoms with Crippen molar-refractivity contribution in [3.05, 3.63) is 23.8 Å². The van der Waals surface area contributed by atoms with E-state index in [2.05, 4.69) is 32.7 Å². The van der Waals surface area contributed by atoms with E-state index >= 15 is 0 Å². The van der Waals surface area contributed by atoms with Crippen LogP contribution in [0, 0.1) is 11.3 Å². The second kappa shape index (κ2) is 6.87. The van der Waals surface area contributed by atoms with E-state index in [4.69, 9.17) is 9.47 Å². The molecule has 1 N–H and O–H groups in total. The maximum absolute atomic E-state index is 12.1. The van der Waals surface area contributed by atoms with Crippen LogP contribution >= 0.6 is 0 Å². The van der Waals surface area contributed by atoms with Gasteiger partial charge in [-0.05, 0) is 43.0 Å². The predicted molar refractivity (Wildman–Crippen MR) is 96.2 cm³/mol. The van der Waals surface area contributed by atoms with Crippen LogP contribution in [0.4, 0.5) is 0 Å². The van der Waals surface area contributed by atoms with Crippen molar-refractivity contribution in [1.82, 2.24) is 4.90 Å². The molecule has 2 aliphatic rings. The monoisotopic (exact) mass is 347 g/mol. The lowest BCUT2D eigenvalue weighted by Crippen LogP contribution is -2.37. The molecule has 0 spiro atoms. The minimum atomic E-state index is -0.704. The third kappa shape index (κ3) is 3.61. The highest BCUT2D eigenvalue weighted by molar-refractivity contribution is 5.73. The SMILES string of the molecule is CCCC(C)(C)C[C@H]1[C@H](C(=O)O)[C@@H](c2ccc3c(c2)OCO3)CN1C. The summed E-state index contributed by atoms with van der Waals surface area (Å²) >= 11 is 0. The van der Waals surface area contributed by atoms with Crippen LogP contribution in [-0.2, 0) is 4.79 Å². The van der Waals surface area contributed by atoms with Gasteiger partial charge in [-0.15, -0.1) is 0 Å². The van der Waals surface area contributed by atoms with Gasteiger partial charge in [0.15, 0.2) is 11.5 Å². The van der Waals surface area contributed by atoms with E-state index in [-0.39, 0.29) is 24.2 Å². The first-order valence-electron chi connectivity index (χ1n) is 9.15. The Morgan fingerprint density at radius 3 is 2.72 bits per heavy atom. The number of benzene rings is 1. The highest BCUT2D eigenvalue weighted by atomic mass is 16.7. The molecule has 0 unspecified atom stereocenters. The first kappa shape index (κ1) is 18.1. The van der Waals surface area contributed by atoms with E-state index in [1.54, 1.807) is 0 Å². The first-order chi connectivity index (χ1) is 11.8. The number of carbonyl (C=O) groups is 1. The number of carboxylic acid groups (broad SMARTS) is 1. The molecule has 1 aromatic carbocycles. The van der Waals surface area contributed by atoms with Gasteiger partial charge in [0.2, 0.25) is 6.79 Å². The van der Waals surface area contributed by atoms with Crippen molar-refractivity contribution < 1.29 is 19.4 Å². The summed E-state index contributed by atoms with van der Waals surface area (Å²) in [6.07, 6.45) is 3.13. The summed E-state index contributed by atoms with van der Waals surface area (Å²) in [6.45, 7) is 7.67. The van der Waals surface area contributed by atoms with Gasteiger partial charge in [-0.3, -0.25) is 4.79 Å². The summed E-state index contributed by atoms with van der Waals surface area (Å²) in [5, 5.41) is 9.97. The van der Waals surface area contributed by atoms with Gasteiger partial charge in [0.1, 0.15) is 0 Å². The van der Waals surface area contributed by atoms with Crippen LogP contribution in [0.1, 0.15) is 51.5 Å². The molecule has 0 amide bonds. The van der Waals surface area contributed by atoms with Gasteiger partial charge in [-0.25, -0.2) is 0 Å². The number of ether oxygens (including phenoxy) is 2. The molecule has 0 aromatic heterocycles. The van der Waals surface area contributed by atoms with Gasteiger partial charge in [0, 0.05) is 18.5 Å². The molecule has 1 fully saturated rings. The molecule has 2 aliphatic heterocycles. The number of fused-ring (bicyclic) bond motifs is 1. The topological polar surface area (TPSA) is 59.0 Å². The van der Waals surface area contributed by atoms with Crippen LogP contribution in [0.25, 0.3) is 0 Å². The van der Waals surface area contributed by atoms with Gasteiger partial charge in [0.05, 0.1) is 5.92 Å². The maximum Gasteiger partial charge on any atom is 0.308 e. The Hall–Kier alpha value is -1.75. The highest BCUT2D eigenvalue weighted by Crippen LogP contribution is 2.44. The summed E-state index contributed by atoms with van der Waals surface area (Å²) in [5.41, 5.74) is 1.17. The van der Waals surface area contributed by atoms with E-state index in [1.165, 1.54) is 0 Å². The third-order valence-corrected chi connectivity index (χ3v) is 5.70. The van der Waals surface area contributed by atoms with Gasteiger partial charge >= 0.3 is 5.97 Å². The minimum absolute atomic E-state index is 0.0283. The summed E-state index contributed by atoms with van der Waals surface area (Å²) in [5.74, 6) is 0.326. The van der Waals surface area contributed by atoms with Crippen molar-refractivity contribution in [1.29, 1.82) is 0 Å². The number of aliphatic carboxylic acids is 1. The average molecular weight is 347 g/mol. The zero-order chi connectivity index (χ0) is 18.2. The Morgan fingerprint density at radius 1 is 1.32 bits per heavy atom. The number of likely N-dealkylation sites (N-methyl/N-ethyl adjacent to an activating group) is 1. The van der Waals surface area contributed by atoms with Crippen LogP contribution in [0.3, 0.4) is 0 Å². The molecule has 138 valence electrons. The average Bonchev–Trinajstić information content (AvgIpc) is 3.11. The summed E-state index contributed by atoms with van der Waals surface area (Å²) in [7, 11) is 2.05. The second-order valence-electron chi connectivity index (χ2n) is 8.21. The molecule has 0 radical (unpaired) electrons. The third-order valence-electron chi connectivity index (χ3n) is 5.70. The fraction of sp³-hybridized carbons (Fsp3) is 0.650. The number of hydrogen-bond acceptors (Lipinski definition) is 4. The van der Waals surface area contributed by atoms with Crippen LogP contribution in [0.5, 0.6) is 11.5 Å². The number of carboxylic acids is 1. The quantitative estimate of drug-likeness (QED) is 0.850. The molecule has 25 heavy (non-hydrogen) atoms. The van der Waals surface area contributed by atoms with Crippen LogP contribution in [0.15, 0.2) is 18.2 Å². The summed E-state index contributed by atoms with van der Waals surface area (Å²) < 4.78 is 10.9. The van der Waals surface area contributed by atoms with E-state index in [0.29, 0.717) is 0 Å². The number of hydrogen-bond donors (Lipinski definition) is 1. The predicted octanol–water partition coefficient (Wildman–Crippen LogP) is 3.73. The lowest BCUT2D eigenvalue weighted by Gasteiger charge is -2.33. The highest BCUT2D eigenvalue weighted by Gasteiger charge is 2.46. The standard InChI is InChI=1S/C20H29NO4/c1-5-8-20(2,3)10-15-18(19(22)23)14(11-21(15)4)13-6-7-16-17(9-13)25-12-24-16/h6-7,9,14-15,18H,5,8,10-12H2,1-4H3,(H,22,23)/t14-,15+,18-/m1/s1. The maximum atomic E-state index is 12.1. The summed E-state index contributed by atoms with van der Waals surface area (Å²) in [6, 6.07) is 5.89. The van der Waals surface area contributed by atoms with Crippen LogP contribution in [0.2, 0.25) is 0 Å². The number of rotatable bonds is 6. The Bertz CT molecular complexity index is 643. The van der Waals surface area contributed by atoms with Crippen molar-refractivity contribution in [2.45, 2.75) is 52.0 Å². The first-order valence-corrected chi connectivity index (χ1v) is 9.15. The van der Waals surface area contributed by atoms with Crippen LogP contribution in [-0.4, -0.2) is 42.4 Å². The smallest absolute Gasteiger partial charge is 0.308 e. The Morgan fingerprint density at radius 2 is 2.04 bits per heavy atom. The molecule has 5 heteroatoms. The molecular weight excluding hydrogens is 318 g/mol. The fourth-order valence-corrected chi connectivity index (χ4v) is 4.52. The Balaban J connectivity index is 1.86. The molecule has 0 aliphatic carbocycles. The summed E-state index contributed by atoms with van der Waals surface area (Å²) in [4.78, 5) is 14.4. The molecule has 0 saturated carbocycles. The number of likely N-dealkylation sites (tertiary alicyclic amines) is 1. The number of nitrogens with zero attached hydrogens (tertiary/aromatic N) is 1. The van der Waals surface area contributed by atoms with Crippen molar-refractivity contribution in [2.75, 3.05) is 20.4 Å². The molecule has 1 saturated heterocycles. The zero-order valence-electron chi connectivity index (χ0n) is 15.6. The Labute approximate surface area is 149 Å². The fourth-order valence-electron chi connectivity index (χ4n) is 4.52. The van der Waals surface area contributed by atoms with Gasteiger partial charge < -0.3 is 19.5 Å². The van der Waals surface area contributed by atoms with E-state index in [0.717, 1.165) is 42.9 Å². The molecule has 0 bridgehead atoms. The lowest BCUT2D eigenvalue weighted by molar-refractivity contribution is -0.143. The van der Waals surface area contributed by atoms with Crippen molar-refractivity contribution in [3.8, 4) is 11.5 Å². The van der Waals surface area contributed by atoms with E-state index in [9.17, 15) is 9.90 Å². The van der Waals surface area contributed by atoms with Crippen LogP contribution < -0.4 is 9.47 Å². The molecule has 3 atom stereocenters. The molecule has 2 heterocycles. The van der Waals surface area contributed by atoms with Gasteiger partial charge in [-0.2, -0.15) is 0 Å². The largest absolute Gasteiger partial charge is 0.481 e.